The van der Waals surface area contributed by atoms with E-state index in [2.05, 4.69) is 19.2 Å². The van der Waals surface area contributed by atoms with Gasteiger partial charge < -0.3 is 4.90 Å². The second-order valence-electron chi connectivity index (χ2n) is 6.54. The van der Waals surface area contributed by atoms with Gasteiger partial charge in [-0.2, -0.15) is 0 Å². The molecule has 2 unspecified atom stereocenters. The molecule has 3 fully saturated rings. The first-order chi connectivity index (χ1) is 8.85. The molecule has 0 aromatic rings. The van der Waals surface area contributed by atoms with E-state index < -0.39 is 9.84 Å². The summed E-state index contributed by atoms with van der Waals surface area (Å²) in [6.07, 6.45) is 3.27. The monoisotopic (exact) mass is 286 g/mol. The Morgan fingerprint density at radius 2 is 2.05 bits per heavy atom. The molecule has 1 aliphatic carbocycles. The van der Waals surface area contributed by atoms with E-state index >= 15 is 0 Å². The van der Waals surface area contributed by atoms with Gasteiger partial charge in [0, 0.05) is 6.04 Å². The van der Waals surface area contributed by atoms with Gasteiger partial charge in [0.15, 0.2) is 9.84 Å². The first-order valence-electron chi connectivity index (χ1n) is 7.16. The topological polar surface area (TPSA) is 66.5 Å². The van der Waals surface area contributed by atoms with Crippen LogP contribution in [0.15, 0.2) is 0 Å². The molecule has 2 aliphatic heterocycles. The molecule has 2 saturated heterocycles. The summed E-state index contributed by atoms with van der Waals surface area (Å²) >= 11 is 0. The predicted molar refractivity (Wildman–Crippen MR) is 72.2 cm³/mol. The number of nitrogens with one attached hydrogen (secondary N) is 1. The van der Waals surface area contributed by atoms with Crippen molar-refractivity contribution >= 4 is 15.7 Å². The number of carbonyl (C=O) groups excluding carboxylic acids is 1. The Morgan fingerprint density at radius 3 is 2.58 bits per heavy atom. The van der Waals surface area contributed by atoms with E-state index in [0.29, 0.717) is 12.3 Å². The van der Waals surface area contributed by atoms with Crippen molar-refractivity contribution in [3.63, 3.8) is 0 Å². The van der Waals surface area contributed by atoms with E-state index in [9.17, 15) is 13.2 Å². The van der Waals surface area contributed by atoms with E-state index in [1.807, 2.05) is 4.90 Å². The standard InChI is InChI=1S/C13H22N2O3S/c1-9(2)11-14-13(5-6-13)12(16)15(11)10-4-3-7-19(17,18)8-10/h9-11,14H,3-8H2,1-2H3. The average Bonchev–Trinajstić information content (AvgIpc) is 3.01. The van der Waals surface area contributed by atoms with Gasteiger partial charge in [-0.25, -0.2) is 8.42 Å². The molecule has 1 spiro atoms. The normalized spacial score (nSPS) is 36.2. The number of nitrogens with zero attached hydrogens (tertiary/aromatic N) is 1. The summed E-state index contributed by atoms with van der Waals surface area (Å²) in [5.41, 5.74) is -0.351. The van der Waals surface area contributed by atoms with Crippen molar-refractivity contribution in [1.82, 2.24) is 10.2 Å². The van der Waals surface area contributed by atoms with Gasteiger partial charge in [-0.1, -0.05) is 13.8 Å². The maximum Gasteiger partial charge on any atom is 0.244 e. The first-order valence-corrected chi connectivity index (χ1v) is 8.98. The van der Waals surface area contributed by atoms with Crippen LogP contribution in [0.5, 0.6) is 0 Å². The van der Waals surface area contributed by atoms with Crippen LogP contribution < -0.4 is 5.32 Å². The number of hydrogen-bond acceptors (Lipinski definition) is 4. The van der Waals surface area contributed by atoms with Gasteiger partial charge in [0.05, 0.1) is 23.2 Å². The third kappa shape index (κ3) is 2.18. The lowest BCUT2D eigenvalue weighted by atomic mass is 10.1. The number of amides is 1. The highest BCUT2D eigenvalue weighted by molar-refractivity contribution is 7.91. The van der Waals surface area contributed by atoms with Gasteiger partial charge in [-0.05, 0) is 31.6 Å². The molecule has 2 heterocycles. The van der Waals surface area contributed by atoms with Crippen LogP contribution >= 0.6 is 0 Å². The van der Waals surface area contributed by atoms with Crippen LogP contribution in [0.25, 0.3) is 0 Å². The number of sulfone groups is 1. The average molecular weight is 286 g/mol. The second kappa shape index (κ2) is 4.19. The van der Waals surface area contributed by atoms with Gasteiger partial charge in [-0.3, -0.25) is 10.1 Å². The van der Waals surface area contributed by atoms with Crippen LogP contribution in [0.4, 0.5) is 0 Å². The summed E-state index contributed by atoms with van der Waals surface area (Å²) in [5.74, 6) is 0.845. The van der Waals surface area contributed by atoms with E-state index in [0.717, 1.165) is 19.3 Å². The Bertz CT molecular complexity index is 496. The minimum atomic E-state index is -2.98. The lowest BCUT2D eigenvalue weighted by Gasteiger charge is -2.36. The van der Waals surface area contributed by atoms with Gasteiger partial charge in [0.1, 0.15) is 0 Å². The Hall–Kier alpha value is -0.620. The first kappa shape index (κ1) is 13.4. The summed E-state index contributed by atoms with van der Waals surface area (Å²) in [7, 11) is -2.98. The molecule has 2 atom stereocenters. The molecular formula is C13H22N2O3S. The molecule has 1 saturated carbocycles. The number of rotatable bonds is 2. The molecule has 5 nitrogen and oxygen atoms in total. The van der Waals surface area contributed by atoms with Gasteiger partial charge in [0.25, 0.3) is 0 Å². The molecular weight excluding hydrogens is 264 g/mol. The Balaban J connectivity index is 1.86. The lowest BCUT2D eigenvalue weighted by molar-refractivity contribution is -0.133. The molecule has 6 heteroatoms. The summed E-state index contributed by atoms with van der Waals surface area (Å²) < 4.78 is 23.6. The zero-order chi connectivity index (χ0) is 13.8. The maximum absolute atomic E-state index is 12.6. The van der Waals surface area contributed by atoms with E-state index in [1.165, 1.54) is 0 Å². The Labute approximate surface area is 114 Å². The largest absolute Gasteiger partial charge is 0.321 e. The summed E-state index contributed by atoms with van der Waals surface area (Å²) in [6, 6.07) is -0.133. The summed E-state index contributed by atoms with van der Waals surface area (Å²) in [4.78, 5) is 14.4. The maximum atomic E-state index is 12.6. The Kier molecular flexibility index (Phi) is 2.94. The minimum Gasteiger partial charge on any atom is -0.321 e. The molecule has 1 amide bonds. The van der Waals surface area contributed by atoms with Crippen LogP contribution in [0, 0.1) is 5.92 Å². The van der Waals surface area contributed by atoms with Gasteiger partial charge in [0.2, 0.25) is 5.91 Å². The van der Waals surface area contributed by atoms with Crippen molar-refractivity contribution in [3.8, 4) is 0 Å². The molecule has 1 N–H and O–H groups in total. The van der Waals surface area contributed by atoms with E-state index in [1.54, 1.807) is 0 Å². The lowest BCUT2D eigenvalue weighted by Crippen LogP contribution is -2.51. The van der Waals surface area contributed by atoms with E-state index in [4.69, 9.17) is 0 Å². The smallest absolute Gasteiger partial charge is 0.244 e. The second-order valence-corrected chi connectivity index (χ2v) is 8.77. The quantitative estimate of drug-likeness (QED) is 0.803. The van der Waals surface area contributed by atoms with Crippen LogP contribution in [0.1, 0.15) is 39.5 Å². The molecule has 3 rings (SSSR count). The van der Waals surface area contributed by atoms with E-state index in [-0.39, 0.29) is 35.2 Å². The van der Waals surface area contributed by atoms with Crippen molar-refractivity contribution < 1.29 is 13.2 Å². The molecule has 0 aromatic heterocycles. The molecule has 0 bridgehead atoms. The van der Waals surface area contributed by atoms with Crippen molar-refractivity contribution in [3.05, 3.63) is 0 Å². The molecule has 19 heavy (non-hydrogen) atoms. The molecule has 3 aliphatic rings. The Morgan fingerprint density at radius 1 is 1.37 bits per heavy atom. The predicted octanol–water partition coefficient (Wildman–Crippen LogP) is 0.510. The minimum absolute atomic E-state index is 0.00620. The van der Waals surface area contributed by atoms with Crippen LogP contribution in [0.3, 0.4) is 0 Å². The molecule has 0 radical (unpaired) electrons. The van der Waals surface area contributed by atoms with Crippen LogP contribution in [0.2, 0.25) is 0 Å². The van der Waals surface area contributed by atoms with Crippen molar-refractivity contribution in [2.75, 3.05) is 11.5 Å². The fraction of sp³-hybridized carbons (Fsp3) is 0.923. The number of hydrogen-bond donors (Lipinski definition) is 1. The number of carbonyl (C=O) groups is 1. The van der Waals surface area contributed by atoms with Crippen LogP contribution in [-0.4, -0.2) is 48.5 Å². The highest BCUT2D eigenvalue weighted by Crippen LogP contribution is 2.44. The van der Waals surface area contributed by atoms with Crippen molar-refractivity contribution in [1.29, 1.82) is 0 Å². The fourth-order valence-electron chi connectivity index (χ4n) is 3.37. The zero-order valence-electron chi connectivity index (χ0n) is 11.6. The summed E-state index contributed by atoms with van der Waals surface area (Å²) in [6.45, 7) is 4.16. The van der Waals surface area contributed by atoms with Crippen molar-refractivity contribution in [2.24, 2.45) is 5.92 Å². The molecule has 108 valence electrons. The molecule has 0 aromatic carbocycles. The third-order valence-corrected chi connectivity index (χ3v) is 6.38. The highest BCUT2D eigenvalue weighted by atomic mass is 32.2. The van der Waals surface area contributed by atoms with Crippen LogP contribution in [-0.2, 0) is 14.6 Å². The summed E-state index contributed by atoms with van der Waals surface area (Å²) in [5, 5.41) is 3.45. The van der Waals surface area contributed by atoms with Gasteiger partial charge >= 0.3 is 0 Å². The van der Waals surface area contributed by atoms with Gasteiger partial charge in [-0.15, -0.1) is 0 Å². The van der Waals surface area contributed by atoms with Crippen molar-refractivity contribution in [2.45, 2.75) is 57.3 Å². The zero-order valence-corrected chi connectivity index (χ0v) is 12.4. The SMILES string of the molecule is CC(C)C1NC2(CC2)C(=O)N1C1CCCS(=O)(=O)C1. The third-order valence-electron chi connectivity index (χ3n) is 4.58. The highest BCUT2D eigenvalue weighted by Gasteiger charge is 2.61. The fourth-order valence-corrected chi connectivity index (χ4v) is 5.06.